The Labute approximate surface area is 133 Å². The van der Waals surface area contributed by atoms with Gasteiger partial charge in [-0.3, -0.25) is 4.79 Å². The predicted octanol–water partition coefficient (Wildman–Crippen LogP) is 4.04. The van der Waals surface area contributed by atoms with Gasteiger partial charge in [-0.15, -0.1) is 0 Å². The van der Waals surface area contributed by atoms with Gasteiger partial charge < -0.3 is 9.64 Å². The van der Waals surface area contributed by atoms with E-state index in [0.717, 1.165) is 10.0 Å². The molecule has 0 atom stereocenters. The Morgan fingerprint density at radius 3 is 2.62 bits per heavy atom. The fourth-order valence-electron chi connectivity index (χ4n) is 2.16. The molecule has 110 valence electrons. The molecule has 0 fully saturated rings. The molecule has 2 rings (SSSR count). The van der Waals surface area contributed by atoms with Gasteiger partial charge in [-0.2, -0.15) is 0 Å². The summed E-state index contributed by atoms with van der Waals surface area (Å²) in [6.07, 6.45) is 0. The summed E-state index contributed by atoms with van der Waals surface area (Å²) in [5.74, 6) is 0.522. The Bertz CT molecular complexity index is 655. The normalized spacial score (nSPS) is 10.3. The van der Waals surface area contributed by atoms with Crippen molar-refractivity contribution >= 4 is 21.8 Å². The van der Waals surface area contributed by atoms with Crippen molar-refractivity contribution < 1.29 is 9.53 Å². The van der Waals surface area contributed by atoms with Gasteiger partial charge in [0.25, 0.3) is 5.91 Å². The third kappa shape index (κ3) is 3.64. The van der Waals surface area contributed by atoms with Gasteiger partial charge in [-0.05, 0) is 36.2 Å². The zero-order chi connectivity index (χ0) is 15.4. The second kappa shape index (κ2) is 6.76. The molecule has 0 N–H and O–H groups in total. The molecule has 0 saturated carbocycles. The van der Waals surface area contributed by atoms with E-state index in [9.17, 15) is 4.79 Å². The SMILES string of the molecule is COc1cc(Br)ccc1C(=O)N(C)Cc1ccccc1C. The maximum atomic E-state index is 12.6. The largest absolute Gasteiger partial charge is 0.496 e. The number of halogens is 1. The predicted molar refractivity (Wildman–Crippen MR) is 87.7 cm³/mol. The zero-order valence-electron chi connectivity index (χ0n) is 12.4. The summed E-state index contributed by atoms with van der Waals surface area (Å²) in [6.45, 7) is 2.62. The molecule has 0 aliphatic rings. The minimum Gasteiger partial charge on any atom is -0.496 e. The topological polar surface area (TPSA) is 29.5 Å². The second-order valence-electron chi connectivity index (χ2n) is 4.93. The van der Waals surface area contributed by atoms with E-state index in [1.807, 2.05) is 37.3 Å². The van der Waals surface area contributed by atoms with Gasteiger partial charge in [-0.25, -0.2) is 0 Å². The molecule has 0 heterocycles. The number of nitrogens with zero attached hydrogens (tertiary/aromatic N) is 1. The molecular formula is C17H18BrNO2. The number of hydrogen-bond acceptors (Lipinski definition) is 2. The van der Waals surface area contributed by atoms with Crippen molar-refractivity contribution in [3.8, 4) is 5.75 Å². The first kappa shape index (κ1) is 15.6. The molecule has 2 aromatic carbocycles. The number of carbonyl (C=O) groups excluding carboxylic acids is 1. The van der Waals surface area contributed by atoms with Crippen molar-refractivity contribution in [3.05, 3.63) is 63.6 Å². The van der Waals surface area contributed by atoms with Crippen molar-refractivity contribution in [3.63, 3.8) is 0 Å². The van der Waals surface area contributed by atoms with Crippen LogP contribution in [0.2, 0.25) is 0 Å². The van der Waals surface area contributed by atoms with Crippen molar-refractivity contribution in [1.82, 2.24) is 4.90 Å². The third-order valence-corrected chi connectivity index (χ3v) is 3.90. The number of methoxy groups -OCH3 is 1. The molecule has 0 saturated heterocycles. The quantitative estimate of drug-likeness (QED) is 0.835. The van der Waals surface area contributed by atoms with E-state index in [1.165, 1.54) is 5.56 Å². The van der Waals surface area contributed by atoms with Crippen LogP contribution in [0.5, 0.6) is 5.75 Å². The molecule has 0 aliphatic carbocycles. The maximum Gasteiger partial charge on any atom is 0.257 e. The maximum absolute atomic E-state index is 12.6. The molecule has 0 radical (unpaired) electrons. The van der Waals surface area contributed by atoms with Gasteiger partial charge in [0.05, 0.1) is 12.7 Å². The highest BCUT2D eigenvalue weighted by Gasteiger charge is 2.17. The van der Waals surface area contributed by atoms with Gasteiger partial charge >= 0.3 is 0 Å². The smallest absolute Gasteiger partial charge is 0.257 e. The summed E-state index contributed by atoms with van der Waals surface area (Å²) in [4.78, 5) is 14.3. The van der Waals surface area contributed by atoms with Gasteiger partial charge in [0.2, 0.25) is 0 Å². The van der Waals surface area contributed by atoms with E-state index >= 15 is 0 Å². The third-order valence-electron chi connectivity index (χ3n) is 3.41. The van der Waals surface area contributed by atoms with Crippen LogP contribution >= 0.6 is 15.9 Å². The first-order valence-corrected chi connectivity index (χ1v) is 7.45. The van der Waals surface area contributed by atoms with Crippen molar-refractivity contribution in [1.29, 1.82) is 0 Å². The van der Waals surface area contributed by atoms with Crippen LogP contribution in [0.25, 0.3) is 0 Å². The number of carbonyl (C=O) groups is 1. The summed E-state index contributed by atoms with van der Waals surface area (Å²) in [5, 5.41) is 0. The fourth-order valence-corrected chi connectivity index (χ4v) is 2.50. The van der Waals surface area contributed by atoms with E-state index in [0.29, 0.717) is 17.9 Å². The van der Waals surface area contributed by atoms with Gasteiger partial charge in [0, 0.05) is 18.1 Å². The molecule has 3 nitrogen and oxygen atoms in total. The lowest BCUT2D eigenvalue weighted by atomic mass is 10.1. The molecule has 0 unspecified atom stereocenters. The molecule has 0 bridgehead atoms. The number of amides is 1. The van der Waals surface area contributed by atoms with Crippen LogP contribution in [0.3, 0.4) is 0 Å². The standard InChI is InChI=1S/C17H18BrNO2/c1-12-6-4-5-7-13(12)11-19(2)17(20)15-9-8-14(18)10-16(15)21-3/h4-10H,11H2,1-3H3. The lowest BCUT2D eigenvalue weighted by Crippen LogP contribution is -2.27. The Kier molecular flexibility index (Phi) is 5.02. The number of benzene rings is 2. The van der Waals surface area contributed by atoms with Gasteiger partial charge in [0.1, 0.15) is 5.75 Å². The van der Waals surface area contributed by atoms with Crippen LogP contribution < -0.4 is 4.74 Å². The van der Waals surface area contributed by atoms with Gasteiger partial charge in [0.15, 0.2) is 0 Å². The number of ether oxygens (including phenoxy) is 1. The average Bonchev–Trinajstić information content (AvgIpc) is 2.48. The molecule has 21 heavy (non-hydrogen) atoms. The van der Waals surface area contributed by atoms with Crippen LogP contribution in [0.15, 0.2) is 46.9 Å². The highest BCUT2D eigenvalue weighted by Crippen LogP contribution is 2.25. The fraction of sp³-hybridized carbons (Fsp3) is 0.235. The molecule has 0 spiro atoms. The summed E-state index contributed by atoms with van der Waals surface area (Å²) < 4.78 is 6.18. The Hall–Kier alpha value is -1.81. The Morgan fingerprint density at radius 2 is 1.95 bits per heavy atom. The first-order chi connectivity index (χ1) is 10.0. The monoisotopic (exact) mass is 347 g/mol. The van der Waals surface area contributed by atoms with E-state index < -0.39 is 0 Å². The van der Waals surface area contributed by atoms with E-state index in [-0.39, 0.29) is 5.91 Å². The van der Waals surface area contributed by atoms with E-state index in [2.05, 4.69) is 15.9 Å². The van der Waals surface area contributed by atoms with Crippen molar-refractivity contribution in [2.45, 2.75) is 13.5 Å². The molecule has 4 heteroatoms. The Balaban J connectivity index is 2.22. The number of hydrogen-bond donors (Lipinski definition) is 0. The van der Waals surface area contributed by atoms with Crippen molar-refractivity contribution in [2.75, 3.05) is 14.2 Å². The number of rotatable bonds is 4. The highest BCUT2D eigenvalue weighted by atomic mass is 79.9. The Morgan fingerprint density at radius 1 is 1.24 bits per heavy atom. The van der Waals surface area contributed by atoms with Crippen molar-refractivity contribution in [2.24, 2.45) is 0 Å². The van der Waals surface area contributed by atoms with Gasteiger partial charge in [-0.1, -0.05) is 40.2 Å². The van der Waals surface area contributed by atoms with Crippen LogP contribution in [-0.4, -0.2) is 25.0 Å². The highest BCUT2D eigenvalue weighted by molar-refractivity contribution is 9.10. The molecular weight excluding hydrogens is 330 g/mol. The lowest BCUT2D eigenvalue weighted by molar-refractivity contribution is 0.0781. The average molecular weight is 348 g/mol. The van der Waals surface area contributed by atoms with E-state index in [4.69, 9.17) is 4.74 Å². The molecule has 0 aliphatic heterocycles. The van der Waals surface area contributed by atoms with Crippen LogP contribution in [-0.2, 0) is 6.54 Å². The minimum atomic E-state index is -0.0531. The number of aryl methyl sites for hydroxylation is 1. The minimum absolute atomic E-state index is 0.0531. The zero-order valence-corrected chi connectivity index (χ0v) is 14.0. The summed E-state index contributed by atoms with van der Waals surface area (Å²) >= 11 is 3.38. The molecule has 1 amide bonds. The van der Waals surface area contributed by atoms with Crippen LogP contribution in [0.1, 0.15) is 21.5 Å². The van der Waals surface area contributed by atoms with Crippen LogP contribution in [0, 0.1) is 6.92 Å². The molecule has 2 aromatic rings. The molecule has 0 aromatic heterocycles. The lowest BCUT2D eigenvalue weighted by Gasteiger charge is -2.20. The summed E-state index contributed by atoms with van der Waals surface area (Å²) in [7, 11) is 3.37. The van der Waals surface area contributed by atoms with Crippen LogP contribution in [0.4, 0.5) is 0 Å². The first-order valence-electron chi connectivity index (χ1n) is 6.66. The summed E-state index contributed by atoms with van der Waals surface area (Å²) in [6, 6.07) is 13.5. The second-order valence-corrected chi connectivity index (χ2v) is 5.85. The summed E-state index contributed by atoms with van der Waals surface area (Å²) in [5.41, 5.74) is 2.89. The van der Waals surface area contributed by atoms with E-state index in [1.54, 1.807) is 31.2 Å².